The summed E-state index contributed by atoms with van der Waals surface area (Å²) in [5.74, 6) is 0.263. The van der Waals surface area contributed by atoms with Gasteiger partial charge in [-0.1, -0.05) is 0 Å². The largest absolute Gasteiger partial charge is 0.395 e. The highest BCUT2D eigenvalue weighted by atomic mass is 32.2. The zero-order valence-corrected chi connectivity index (χ0v) is 9.79. The predicted octanol–water partition coefficient (Wildman–Crippen LogP) is -0.287. The SMILES string of the molecule is CC(CO)S(=O)(=O)NCC1CCCOC1. The maximum absolute atomic E-state index is 11.5. The van der Waals surface area contributed by atoms with Crippen LogP contribution in [0.25, 0.3) is 0 Å². The molecular formula is C9H19NO4S. The molecule has 1 heterocycles. The molecule has 0 spiro atoms. The Kier molecular flexibility index (Phi) is 4.98. The number of nitrogens with one attached hydrogen (secondary N) is 1. The van der Waals surface area contributed by atoms with Gasteiger partial charge in [0.05, 0.1) is 18.5 Å². The molecule has 5 nitrogen and oxygen atoms in total. The molecule has 1 aliphatic rings. The van der Waals surface area contributed by atoms with Gasteiger partial charge in [-0.2, -0.15) is 0 Å². The Morgan fingerprint density at radius 1 is 1.60 bits per heavy atom. The van der Waals surface area contributed by atoms with E-state index in [-0.39, 0.29) is 12.5 Å². The van der Waals surface area contributed by atoms with Crippen LogP contribution in [0.1, 0.15) is 19.8 Å². The molecule has 90 valence electrons. The van der Waals surface area contributed by atoms with Gasteiger partial charge in [0.1, 0.15) is 0 Å². The zero-order valence-electron chi connectivity index (χ0n) is 8.98. The van der Waals surface area contributed by atoms with Crippen molar-refractivity contribution in [2.45, 2.75) is 25.0 Å². The second kappa shape index (κ2) is 5.79. The van der Waals surface area contributed by atoms with Gasteiger partial charge in [-0.05, 0) is 25.7 Å². The molecule has 2 atom stereocenters. The Morgan fingerprint density at radius 3 is 2.87 bits per heavy atom. The van der Waals surface area contributed by atoms with Gasteiger partial charge in [0.15, 0.2) is 0 Å². The van der Waals surface area contributed by atoms with Crippen LogP contribution < -0.4 is 4.72 Å². The van der Waals surface area contributed by atoms with Crippen LogP contribution >= 0.6 is 0 Å². The van der Waals surface area contributed by atoms with Crippen molar-refractivity contribution >= 4 is 10.0 Å². The number of ether oxygens (including phenoxy) is 1. The van der Waals surface area contributed by atoms with Crippen LogP contribution in [0.4, 0.5) is 0 Å². The summed E-state index contributed by atoms with van der Waals surface area (Å²) in [7, 11) is -3.37. The highest BCUT2D eigenvalue weighted by Gasteiger charge is 2.22. The number of aliphatic hydroxyl groups is 1. The second-order valence-corrected chi connectivity index (χ2v) is 6.15. The lowest BCUT2D eigenvalue weighted by Crippen LogP contribution is -2.39. The Balaban J connectivity index is 2.35. The molecule has 0 aromatic rings. The third kappa shape index (κ3) is 4.06. The van der Waals surface area contributed by atoms with Crippen molar-refractivity contribution in [1.82, 2.24) is 4.72 Å². The minimum atomic E-state index is -3.37. The average Bonchev–Trinajstić information content (AvgIpc) is 2.27. The van der Waals surface area contributed by atoms with Gasteiger partial charge in [-0.25, -0.2) is 13.1 Å². The summed E-state index contributed by atoms with van der Waals surface area (Å²) >= 11 is 0. The predicted molar refractivity (Wildman–Crippen MR) is 57.0 cm³/mol. The van der Waals surface area contributed by atoms with E-state index in [0.29, 0.717) is 13.2 Å². The molecule has 1 rings (SSSR count). The molecule has 1 aliphatic heterocycles. The fourth-order valence-corrected chi connectivity index (χ4v) is 2.39. The van der Waals surface area contributed by atoms with Crippen molar-refractivity contribution in [3.8, 4) is 0 Å². The highest BCUT2D eigenvalue weighted by molar-refractivity contribution is 7.90. The van der Waals surface area contributed by atoms with Crippen molar-refractivity contribution in [2.24, 2.45) is 5.92 Å². The van der Waals surface area contributed by atoms with Crippen molar-refractivity contribution in [1.29, 1.82) is 0 Å². The van der Waals surface area contributed by atoms with Crippen LogP contribution in [0, 0.1) is 5.92 Å². The van der Waals surface area contributed by atoms with E-state index in [0.717, 1.165) is 19.4 Å². The molecule has 0 aromatic heterocycles. The Labute approximate surface area is 90.9 Å². The van der Waals surface area contributed by atoms with Gasteiger partial charge in [0.25, 0.3) is 0 Å². The maximum Gasteiger partial charge on any atom is 0.216 e. The molecule has 0 amide bonds. The van der Waals surface area contributed by atoms with Crippen LogP contribution in [0.3, 0.4) is 0 Å². The fourth-order valence-electron chi connectivity index (χ4n) is 1.44. The summed E-state index contributed by atoms with van der Waals surface area (Å²) in [5.41, 5.74) is 0. The van der Waals surface area contributed by atoms with E-state index in [2.05, 4.69) is 4.72 Å². The van der Waals surface area contributed by atoms with E-state index < -0.39 is 15.3 Å². The topological polar surface area (TPSA) is 75.6 Å². The van der Waals surface area contributed by atoms with Gasteiger partial charge in [-0.15, -0.1) is 0 Å². The molecule has 0 radical (unpaired) electrons. The molecule has 6 heteroatoms. The summed E-state index contributed by atoms with van der Waals surface area (Å²) in [4.78, 5) is 0. The number of sulfonamides is 1. The smallest absolute Gasteiger partial charge is 0.216 e. The van der Waals surface area contributed by atoms with E-state index in [1.54, 1.807) is 0 Å². The molecular weight excluding hydrogens is 218 g/mol. The van der Waals surface area contributed by atoms with Gasteiger partial charge in [0, 0.05) is 13.2 Å². The lowest BCUT2D eigenvalue weighted by atomic mass is 10.0. The number of aliphatic hydroxyl groups excluding tert-OH is 1. The molecule has 1 fully saturated rings. The number of hydrogen-bond acceptors (Lipinski definition) is 4. The van der Waals surface area contributed by atoms with Gasteiger partial charge >= 0.3 is 0 Å². The average molecular weight is 237 g/mol. The molecule has 2 unspecified atom stereocenters. The van der Waals surface area contributed by atoms with Crippen LogP contribution in [-0.4, -0.2) is 45.1 Å². The van der Waals surface area contributed by atoms with Crippen molar-refractivity contribution < 1.29 is 18.3 Å². The normalized spacial score (nSPS) is 25.1. The minimum Gasteiger partial charge on any atom is -0.395 e. The van der Waals surface area contributed by atoms with Gasteiger partial charge in [-0.3, -0.25) is 0 Å². The Hall–Kier alpha value is -0.170. The van der Waals surface area contributed by atoms with Crippen LogP contribution in [0.5, 0.6) is 0 Å². The van der Waals surface area contributed by atoms with Crippen LogP contribution in [-0.2, 0) is 14.8 Å². The molecule has 0 aromatic carbocycles. The first kappa shape index (κ1) is 12.9. The molecule has 0 bridgehead atoms. The summed E-state index contributed by atoms with van der Waals surface area (Å²) in [6, 6.07) is 0. The van der Waals surface area contributed by atoms with E-state index in [9.17, 15) is 8.42 Å². The lowest BCUT2D eigenvalue weighted by molar-refractivity contribution is 0.0567. The number of hydrogen-bond donors (Lipinski definition) is 2. The third-order valence-electron chi connectivity index (χ3n) is 2.61. The quantitative estimate of drug-likeness (QED) is 0.689. The summed E-state index contributed by atoms with van der Waals surface area (Å²) < 4.78 is 30.7. The Bertz CT molecular complexity index is 272. The molecule has 0 saturated carbocycles. The Morgan fingerprint density at radius 2 is 2.33 bits per heavy atom. The van der Waals surface area contributed by atoms with Crippen molar-refractivity contribution in [3.63, 3.8) is 0 Å². The van der Waals surface area contributed by atoms with Gasteiger partial charge in [0.2, 0.25) is 10.0 Å². The maximum atomic E-state index is 11.5. The monoisotopic (exact) mass is 237 g/mol. The van der Waals surface area contributed by atoms with Gasteiger partial charge < -0.3 is 9.84 Å². The van der Waals surface area contributed by atoms with Crippen LogP contribution in [0.15, 0.2) is 0 Å². The first-order chi connectivity index (χ1) is 7.06. The first-order valence-corrected chi connectivity index (χ1v) is 6.78. The van der Waals surface area contributed by atoms with Crippen molar-refractivity contribution in [2.75, 3.05) is 26.4 Å². The highest BCUT2D eigenvalue weighted by Crippen LogP contribution is 2.12. The zero-order chi connectivity index (χ0) is 11.3. The summed E-state index contributed by atoms with van der Waals surface area (Å²) in [5, 5.41) is 8.02. The van der Waals surface area contributed by atoms with E-state index in [1.807, 2.05) is 0 Å². The number of rotatable bonds is 5. The lowest BCUT2D eigenvalue weighted by Gasteiger charge is -2.22. The minimum absolute atomic E-state index is 0.263. The second-order valence-electron chi connectivity index (χ2n) is 3.97. The molecule has 15 heavy (non-hydrogen) atoms. The molecule has 1 saturated heterocycles. The first-order valence-electron chi connectivity index (χ1n) is 5.23. The molecule has 0 aliphatic carbocycles. The van der Waals surface area contributed by atoms with E-state index >= 15 is 0 Å². The summed E-state index contributed by atoms with van der Waals surface area (Å²) in [6.07, 6.45) is 1.98. The third-order valence-corrected chi connectivity index (χ3v) is 4.39. The van der Waals surface area contributed by atoms with E-state index in [4.69, 9.17) is 9.84 Å². The van der Waals surface area contributed by atoms with Crippen molar-refractivity contribution in [3.05, 3.63) is 0 Å². The standard InChI is InChI=1S/C9H19NO4S/c1-8(6-11)15(12,13)10-5-9-3-2-4-14-7-9/h8-11H,2-7H2,1H3. The van der Waals surface area contributed by atoms with E-state index in [1.165, 1.54) is 6.92 Å². The van der Waals surface area contributed by atoms with Crippen LogP contribution in [0.2, 0.25) is 0 Å². The fraction of sp³-hybridized carbons (Fsp3) is 1.00. The summed E-state index contributed by atoms with van der Waals surface area (Å²) in [6.45, 7) is 2.94. The molecule has 2 N–H and O–H groups in total.